The lowest BCUT2D eigenvalue weighted by molar-refractivity contribution is -0.146. The number of carbonyl (C=O) groups is 1. The average Bonchev–Trinajstić information content (AvgIpc) is 1.76. The van der Waals surface area contributed by atoms with Crippen molar-refractivity contribution in [1.29, 1.82) is 0 Å². The van der Waals surface area contributed by atoms with Gasteiger partial charge in [-0.15, -0.1) is 0 Å². The van der Waals surface area contributed by atoms with E-state index >= 15 is 0 Å². The smallest absolute Gasteiger partial charge is 0.249 e. The topological polar surface area (TPSA) is 38.3 Å². The van der Waals surface area contributed by atoms with E-state index in [0.717, 1.165) is 13.0 Å². The van der Waals surface area contributed by atoms with E-state index in [1.165, 1.54) is 19.3 Å². The van der Waals surface area contributed by atoms with Crippen molar-refractivity contribution in [3.05, 3.63) is 0 Å². The molecule has 0 aromatic heterocycles. The van der Waals surface area contributed by atoms with E-state index in [4.69, 9.17) is 4.74 Å². The standard InChI is InChI=1S/C10H17NO2/c1-7(8-3-2-4-8)11-10(12)9-5-6-13-9/h7-9H,2-6H2,1H3,(H,11,12)/t7-,9?/m1/s1. The highest BCUT2D eigenvalue weighted by Gasteiger charge is 2.30. The van der Waals surface area contributed by atoms with Crippen LogP contribution in [-0.4, -0.2) is 24.7 Å². The molecule has 2 rings (SSSR count). The molecular weight excluding hydrogens is 166 g/mol. The van der Waals surface area contributed by atoms with Crippen LogP contribution in [0.1, 0.15) is 32.6 Å². The molecule has 0 aromatic rings. The van der Waals surface area contributed by atoms with Crippen molar-refractivity contribution in [2.45, 2.75) is 44.8 Å². The second-order valence-electron chi connectivity index (χ2n) is 4.14. The maximum Gasteiger partial charge on any atom is 0.249 e. The Balaban J connectivity index is 1.72. The van der Waals surface area contributed by atoms with Gasteiger partial charge in [0.2, 0.25) is 5.91 Å². The van der Waals surface area contributed by atoms with Crippen molar-refractivity contribution >= 4 is 5.91 Å². The Morgan fingerprint density at radius 2 is 2.15 bits per heavy atom. The fourth-order valence-electron chi connectivity index (χ4n) is 1.82. The summed E-state index contributed by atoms with van der Waals surface area (Å²) in [5, 5.41) is 3.02. The predicted octanol–water partition coefficient (Wildman–Crippen LogP) is 1.08. The van der Waals surface area contributed by atoms with Crippen LogP contribution in [0.2, 0.25) is 0 Å². The summed E-state index contributed by atoms with van der Waals surface area (Å²) in [6, 6.07) is 0.338. The largest absolute Gasteiger partial charge is 0.368 e. The van der Waals surface area contributed by atoms with Gasteiger partial charge < -0.3 is 10.1 Å². The van der Waals surface area contributed by atoms with E-state index < -0.39 is 0 Å². The molecule has 1 aliphatic heterocycles. The summed E-state index contributed by atoms with van der Waals surface area (Å²) in [6.07, 6.45) is 4.61. The number of hydrogen-bond acceptors (Lipinski definition) is 2. The third kappa shape index (κ3) is 1.85. The van der Waals surface area contributed by atoms with Gasteiger partial charge in [-0.2, -0.15) is 0 Å². The fraction of sp³-hybridized carbons (Fsp3) is 0.900. The minimum Gasteiger partial charge on any atom is -0.368 e. The van der Waals surface area contributed by atoms with Crippen molar-refractivity contribution < 1.29 is 9.53 Å². The van der Waals surface area contributed by atoms with Gasteiger partial charge in [-0.05, 0) is 25.7 Å². The Hall–Kier alpha value is -0.570. The molecule has 1 N–H and O–H groups in total. The minimum absolute atomic E-state index is 0.0886. The Kier molecular flexibility index (Phi) is 2.54. The molecule has 13 heavy (non-hydrogen) atoms. The molecule has 0 aromatic carbocycles. The molecule has 3 nitrogen and oxygen atoms in total. The second-order valence-corrected chi connectivity index (χ2v) is 4.14. The first-order chi connectivity index (χ1) is 6.27. The summed E-state index contributed by atoms with van der Waals surface area (Å²) >= 11 is 0. The van der Waals surface area contributed by atoms with E-state index in [1.807, 2.05) is 0 Å². The van der Waals surface area contributed by atoms with E-state index in [0.29, 0.717) is 12.0 Å². The molecule has 2 aliphatic rings. The van der Waals surface area contributed by atoms with Crippen LogP contribution in [0.25, 0.3) is 0 Å². The molecule has 1 amide bonds. The summed E-state index contributed by atoms with van der Waals surface area (Å²) < 4.78 is 5.11. The van der Waals surface area contributed by atoms with Gasteiger partial charge >= 0.3 is 0 Å². The van der Waals surface area contributed by atoms with Gasteiger partial charge in [-0.3, -0.25) is 4.79 Å². The Morgan fingerprint density at radius 1 is 1.46 bits per heavy atom. The number of amides is 1. The van der Waals surface area contributed by atoms with E-state index in [1.54, 1.807) is 0 Å². The fourth-order valence-corrected chi connectivity index (χ4v) is 1.82. The maximum atomic E-state index is 11.4. The lowest BCUT2D eigenvalue weighted by Crippen LogP contribution is -2.49. The zero-order valence-corrected chi connectivity index (χ0v) is 8.08. The van der Waals surface area contributed by atoms with Crippen LogP contribution in [0.15, 0.2) is 0 Å². The zero-order chi connectivity index (χ0) is 9.26. The Bertz CT molecular complexity index is 197. The first-order valence-electron chi connectivity index (χ1n) is 5.19. The van der Waals surface area contributed by atoms with Gasteiger partial charge in [0.05, 0.1) is 6.61 Å². The number of carbonyl (C=O) groups excluding carboxylic acids is 1. The van der Waals surface area contributed by atoms with Crippen molar-refractivity contribution in [3.63, 3.8) is 0 Å². The van der Waals surface area contributed by atoms with Crippen molar-refractivity contribution in [1.82, 2.24) is 5.32 Å². The number of rotatable bonds is 3. The maximum absolute atomic E-state index is 11.4. The highest BCUT2D eigenvalue weighted by Crippen LogP contribution is 2.29. The lowest BCUT2D eigenvalue weighted by Gasteiger charge is -2.34. The van der Waals surface area contributed by atoms with Gasteiger partial charge in [-0.25, -0.2) is 0 Å². The summed E-state index contributed by atoms with van der Waals surface area (Å²) in [5.41, 5.74) is 0. The summed E-state index contributed by atoms with van der Waals surface area (Å²) in [6.45, 7) is 2.84. The predicted molar refractivity (Wildman–Crippen MR) is 49.3 cm³/mol. The average molecular weight is 183 g/mol. The molecular formula is C10H17NO2. The van der Waals surface area contributed by atoms with Gasteiger partial charge in [0.1, 0.15) is 6.10 Å². The summed E-state index contributed by atoms with van der Waals surface area (Å²) in [7, 11) is 0. The number of hydrogen-bond donors (Lipinski definition) is 1. The second kappa shape index (κ2) is 3.66. The monoisotopic (exact) mass is 183 g/mol. The zero-order valence-electron chi connectivity index (χ0n) is 8.08. The highest BCUT2D eigenvalue weighted by atomic mass is 16.5. The van der Waals surface area contributed by atoms with E-state index in [2.05, 4.69) is 12.2 Å². The van der Waals surface area contributed by atoms with Crippen molar-refractivity contribution in [2.75, 3.05) is 6.61 Å². The van der Waals surface area contributed by atoms with E-state index in [-0.39, 0.29) is 12.0 Å². The van der Waals surface area contributed by atoms with Gasteiger partial charge in [0.25, 0.3) is 0 Å². The quantitative estimate of drug-likeness (QED) is 0.711. The van der Waals surface area contributed by atoms with Crippen LogP contribution >= 0.6 is 0 Å². The molecule has 74 valence electrons. The van der Waals surface area contributed by atoms with Gasteiger partial charge in [0, 0.05) is 12.5 Å². The molecule has 0 spiro atoms. The van der Waals surface area contributed by atoms with Gasteiger partial charge in [-0.1, -0.05) is 6.42 Å². The molecule has 2 atom stereocenters. The summed E-state index contributed by atoms with van der Waals surface area (Å²) in [5.74, 6) is 0.801. The van der Waals surface area contributed by atoms with Crippen LogP contribution < -0.4 is 5.32 Å². The highest BCUT2D eigenvalue weighted by molar-refractivity contribution is 5.81. The SMILES string of the molecule is C[C@@H](NC(=O)C1CCO1)C1CCC1. The number of nitrogens with one attached hydrogen (secondary N) is 1. The molecule has 1 saturated heterocycles. The normalized spacial score (nSPS) is 30.1. The third-order valence-electron chi connectivity index (χ3n) is 3.22. The Morgan fingerprint density at radius 3 is 2.54 bits per heavy atom. The van der Waals surface area contributed by atoms with Crippen molar-refractivity contribution in [3.8, 4) is 0 Å². The minimum atomic E-state index is -0.150. The van der Waals surface area contributed by atoms with Crippen LogP contribution in [0, 0.1) is 5.92 Å². The molecule has 1 heterocycles. The van der Waals surface area contributed by atoms with Gasteiger partial charge in [0.15, 0.2) is 0 Å². The molecule has 0 radical (unpaired) electrons. The molecule has 3 heteroatoms. The summed E-state index contributed by atoms with van der Waals surface area (Å²) in [4.78, 5) is 11.4. The molecule has 1 aliphatic carbocycles. The Labute approximate surface area is 78.8 Å². The molecule has 1 saturated carbocycles. The van der Waals surface area contributed by atoms with Crippen molar-refractivity contribution in [2.24, 2.45) is 5.92 Å². The molecule has 1 unspecified atom stereocenters. The third-order valence-corrected chi connectivity index (χ3v) is 3.22. The first-order valence-corrected chi connectivity index (χ1v) is 5.19. The van der Waals surface area contributed by atoms with Crippen LogP contribution in [0.4, 0.5) is 0 Å². The lowest BCUT2D eigenvalue weighted by atomic mass is 9.80. The molecule has 2 fully saturated rings. The van der Waals surface area contributed by atoms with Crippen LogP contribution in [-0.2, 0) is 9.53 Å². The van der Waals surface area contributed by atoms with E-state index in [9.17, 15) is 4.79 Å². The molecule has 0 bridgehead atoms. The van der Waals surface area contributed by atoms with Crippen LogP contribution in [0.3, 0.4) is 0 Å². The first kappa shape index (κ1) is 9.00. The van der Waals surface area contributed by atoms with Crippen LogP contribution in [0.5, 0.6) is 0 Å². The number of ether oxygens (including phenoxy) is 1.